The lowest BCUT2D eigenvalue weighted by Gasteiger charge is -2.12. The number of benzene rings is 3. The van der Waals surface area contributed by atoms with Crippen LogP contribution in [-0.2, 0) is 11.4 Å². The third kappa shape index (κ3) is 5.90. The van der Waals surface area contributed by atoms with E-state index in [2.05, 4.69) is 11.4 Å². The number of rotatable bonds is 7. The Kier molecular flexibility index (Phi) is 7.54. The second-order valence-corrected chi connectivity index (χ2v) is 7.71. The van der Waals surface area contributed by atoms with Crippen LogP contribution in [0.1, 0.15) is 22.3 Å². The Bertz CT molecular complexity index is 1210. The van der Waals surface area contributed by atoms with E-state index in [0.717, 1.165) is 16.7 Å². The molecule has 5 nitrogen and oxygen atoms in total. The first-order valence-electron chi connectivity index (χ1n) is 9.95. The Morgan fingerprint density at radius 2 is 1.91 bits per heavy atom. The van der Waals surface area contributed by atoms with E-state index in [1.54, 1.807) is 43.5 Å². The molecule has 1 N–H and O–H groups in total. The van der Waals surface area contributed by atoms with Crippen LogP contribution in [0.4, 0.5) is 5.69 Å². The van der Waals surface area contributed by atoms with Gasteiger partial charge in [0.25, 0.3) is 5.91 Å². The summed E-state index contributed by atoms with van der Waals surface area (Å²) in [5.74, 6) is 0.565. The summed E-state index contributed by atoms with van der Waals surface area (Å²) in [4.78, 5) is 12.6. The number of aryl methyl sites for hydroxylation is 2. The van der Waals surface area contributed by atoms with E-state index >= 15 is 0 Å². The van der Waals surface area contributed by atoms with Gasteiger partial charge in [0.2, 0.25) is 0 Å². The zero-order valence-corrected chi connectivity index (χ0v) is 18.9. The van der Waals surface area contributed by atoms with Gasteiger partial charge in [-0.05, 0) is 60.9 Å². The molecule has 3 aromatic rings. The summed E-state index contributed by atoms with van der Waals surface area (Å²) in [6, 6.07) is 20.5. The number of nitrogens with zero attached hydrogens (tertiary/aromatic N) is 1. The SMILES string of the molecule is COc1cc(/C=C(\C#N)C(=O)Nc2cc(Cl)ccc2C)ccc1OCc1cccc(C)c1. The molecule has 0 bridgehead atoms. The van der Waals surface area contributed by atoms with E-state index in [4.69, 9.17) is 21.1 Å². The smallest absolute Gasteiger partial charge is 0.266 e. The maximum atomic E-state index is 12.6. The highest BCUT2D eigenvalue weighted by atomic mass is 35.5. The average molecular weight is 447 g/mol. The quantitative estimate of drug-likeness (QED) is 0.352. The average Bonchev–Trinajstić information content (AvgIpc) is 2.78. The fraction of sp³-hybridized carbons (Fsp3) is 0.154. The number of nitriles is 1. The Balaban J connectivity index is 1.77. The van der Waals surface area contributed by atoms with E-state index in [1.807, 2.05) is 38.1 Å². The minimum absolute atomic E-state index is 0.0418. The number of nitrogens with one attached hydrogen (secondary N) is 1. The van der Waals surface area contributed by atoms with Gasteiger partial charge in [-0.25, -0.2) is 0 Å². The molecule has 162 valence electrons. The molecule has 0 aliphatic carbocycles. The van der Waals surface area contributed by atoms with Gasteiger partial charge >= 0.3 is 0 Å². The molecule has 0 heterocycles. The first kappa shape index (κ1) is 22.9. The molecule has 0 aromatic heterocycles. The third-order valence-corrected chi connectivity index (χ3v) is 5.02. The van der Waals surface area contributed by atoms with Gasteiger partial charge in [0, 0.05) is 10.7 Å². The van der Waals surface area contributed by atoms with Gasteiger partial charge in [-0.15, -0.1) is 0 Å². The van der Waals surface area contributed by atoms with E-state index in [0.29, 0.717) is 34.4 Å². The number of anilines is 1. The molecule has 1 amide bonds. The van der Waals surface area contributed by atoms with E-state index in [-0.39, 0.29) is 5.57 Å². The normalized spacial score (nSPS) is 10.9. The number of carbonyl (C=O) groups is 1. The molecule has 6 heteroatoms. The molecule has 0 spiro atoms. The van der Waals surface area contributed by atoms with Crippen molar-refractivity contribution in [2.24, 2.45) is 0 Å². The molecule has 0 aliphatic rings. The molecule has 0 fully saturated rings. The second-order valence-electron chi connectivity index (χ2n) is 7.27. The Morgan fingerprint density at radius 3 is 2.62 bits per heavy atom. The van der Waals surface area contributed by atoms with Crippen molar-refractivity contribution in [1.29, 1.82) is 5.26 Å². The van der Waals surface area contributed by atoms with E-state index < -0.39 is 5.91 Å². The zero-order valence-electron chi connectivity index (χ0n) is 18.1. The molecule has 0 atom stereocenters. The fourth-order valence-corrected chi connectivity index (χ4v) is 3.26. The number of amides is 1. The van der Waals surface area contributed by atoms with Gasteiger partial charge in [-0.2, -0.15) is 5.26 Å². The zero-order chi connectivity index (χ0) is 23.1. The van der Waals surface area contributed by atoms with Gasteiger partial charge in [-0.1, -0.05) is 53.6 Å². The molecule has 32 heavy (non-hydrogen) atoms. The summed E-state index contributed by atoms with van der Waals surface area (Å²) in [6.45, 7) is 4.28. The largest absolute Gasteiger partial charge is 0.493 e. The highest BCUT2D eigenvalue weighted by Gasteiger charge is 2.13. The van der Waals surface area contributed by atoms with Crippen molar-refractivity contribution >= 4 is 29.3 Å². The number of hydrogen-bond acceptors (Lipinski definition) is 4. The van der Waals surface area contributed by atoms with Crippen LogP contribution in [0.5, 0.6) is 11.5 Å². The Hall–Kier alpha value is -3.75. The van der Waals surface area contributed by atoms with Gasteiger partial charge in [0.15, 0.2) is 11.5 Å². The van der Waals surface area contributed by atoms with Gasteiger partial charge in [0.05, 0.1) is 7.11 Å². The van der Waals surface area contributed by atoms with Crippen molar-refractivity contribution in [3.8, 4) is 17.6 Å². The summed E-state index contributed by atoms with van der Waals surface area (Å²) >= 11 is 6.01. The standard InChI is InChI=1S/C26H23ClN2O3/c1-17-5-4-6-20(11-17)16-32-24-10-8-19(13-25(24)31-3)12-21(15-28)26(30)29-23-14-22(27)9-7-18(23)2/h4-14H,16H2,1-3H3,(H,29,30)/b21-12+. The Labute approximate surface area is 192 Å². The molecule has 0 saturated carbocycles. The van der Waals surface area contributed by atoms with Crippen LogP contribution < -0.4 is 14.8 Å². The van der Waals surface area contributed by atoms with Crippen LogP contribution >= 0.6 is 11.6 Å². The van der Waals surface area contributed by atoms with Crippen molar-refractivity contribution in [3.05, 3.63) is 93.5 Å². The topological polar surface area (TPSA) is 71.3 Å². The minimum Gasteiger partial charge on any atom is -0.493 e. The van der Waals surface area contributed by atoms with Crippen molar-refractivity contribution in [3.63, 3.8) is 0 Å². The fourth-order valence-electron chi connectivity index (χ4n) is 3.09. The van der Waals surface area contributed by atoms with Crippen molar-refractivity contribution in [1.82, 2.24) is 0 Å². The van der Waals surface area contributed by atoms with Gasteiger partial charge < -0.3 is 14.8 Å². The van der Waals surface area contributed by atoms with Crippen molar-refractivity contribution in [2.45, 2.75) is 20.5 Å². The second kappa shape index (κ2) is 10.5. The highest BCUT2D eigenvalue weighted by Crippen LogP contribution is 2.30. The third-order valence-electron chi connectivity index (χ3n) is 4.79. The Morgan fingerprint density at radius 1 is 1.09 bits per heavy atom. The van der Waals surface area contributed by atoms with Crippen LogP contribution in [0, 0.1) is 25.2 Å². The number of hydrogen-bond donors (Lipinski definition) is 1. The van der Waals surface area contributed by atoms with Crippen LogP contribution in [0.25, 0.3) is 6.08 Å². The summed E-state index contributed by atoms with van der Waals surface area (Å²) in [5, 5.41) is 12.7. The van der Waals surface area contributed by atoms with E-state index in [9.17, 15) is 10.1 Å². The van der Waals surface area contributed by atoms with Crippen molar-refractivity contribution in [2.75, 3.05) is 12.4 Å². The monoisotopic (exact) mass is 446 g/mol. The summed E-state index contributed by atoms with van der Waals surface area (Å²) in [5.41, 5.74) is 4.21. The molecule has 0 aliphatic heterocycles. The summed E-state index contributed by atoms with van der Waals surface area (Å²) in [7, 11) is 1.54. The predicted octanol–water partition coefficient (Wildman–Crippen LogP) is 6.09. The molecule has 0 saturated heterocycles. The van der Waals surface area contributed by atoms with Crippen molar-refractivity contribution < 1.29 is 14.3 Å². The number of halogens is 1. The predicted molar refractivity (Wildman–Crippen MR) is 127 cm³/mol. The molecular weight excluding hydrogens is 424 g/mol. The van der Waals surface area contributed by atoms with Crippen LogP contribution in [0.2, 0.25) is 5.02 Å². The number of carbonyl (C=O) groups excluding carboxylic acids is 1. The van der Waals surface area contributed by atoms with Gasteiger partial charge in [0.1, 0.15) is 18.2 Å². The lowest BCUT2D eigenvalue weighted by atomic mass is 10.1. The highest BCUT2D eigenvalue weighted by molar-refractivity contribution is 6.31. The molecule has 3 rings (SSSR count). The van der Waals surface area contributed by atoms with Crippen LogP contribution in [-0.4, -0.2) is 13.0 Å². The van der Waals surface area contributed by atoms with Crippen LogP contribution in [0.15, 0.2) is 66.2 Å². The molecular formula is C26H23ClN2O3. The molecule has 0 radical (unpaired) electrons. The lowest BCUT2D eigenvalue weighted by Crippen LogP contribution is -2.14. The molecule has 0 unspecified atom stereocenters. The summed E-state index contributed by atoms with van der Waals surface area (Å²) < 4.78 is 11.3. The maximum absolute atomic E-state index is 12.6. The minimum atomic E-state index is -0.517. The summed E-state index contributed by atoms with van der Waals surface area (Å²) in [6.07, 6.45) is 1.50. The van der Waals surface area contributed by atoms with E-state index in [1.165, 1.54) is 6.08 Å². The first-order valence-corrected chi connectivity index (χ1v) is 10.3. The number of ether oxygens (including phenoxy) is 2. The van der Waals surface area contributed by atoms with Gasteiger partial charge in [-0.3, -0.25) is 4.79 Å². The first-order chi connectivity index (χ1) is 15.4. The molecule has 3 aromatic carbocycles. The number of methoxy groups -OCH3 is 1. The lowest BCUT2D eigenvalue weighted by molar-refractivity contribution is -0.112. The maximum Gasteiger partial charge on any atom is 0.266 e. The van der Waals surface area contributed by atoms with Crippen LogP contribution in [0.3, 0.4) is 0 Å².